The molecule has 1 amide bonds. The van der Waals surface area contributed by atoms with Crippen LogP contribution in [0.3, 0.4) is 0 Å². The number of aromatic carboxylic acids is 1. The number of carbonyl (C=O) groups is 2. The van der Waals surface area contributed by atoms with E-state index in [9.17, 15) is 9.59 Å². The van der Waals surface area contributed by atoms with E-state index in [0.29, 0.717) is 23.7 Å². The Hall–Kier alpha value is -1.86. The molecule has 0 saturated carbocycles. The lowest BCUT2D eigenvalue weighted by Crippen LogP contribution is -2.27. The number of carboxylic acids is 1. The number of aromatic nitrogens is 1. The van der Waals surface area contributed by atoms with Crippen LogP contribution in [0.5, 0.6) is 0 Å². The molecule has 0 saturated heterocycles. The maximum Gasteiger partial charge on any atom is 0.355 e. The van der Waals surface area contributed by atoms with Crippen molar-refractivity contribution in [2.24, 2.45) is 0 Å². The molecule has 5 nitrogen and oxygen atoms in total. The second-order valence-electron chi connectivity index (χ2n) is 4.59. The van der Waals surface area contributed by atoms with Gasteiger partial charge in [0.25, 0.3) is 0 Å². The minimum atomic E-state index is -1.03. The number of amides is 1. The Bertz CT molecular complexity index is 670. The van der Waals surface area contributed by atoms with Gasteiger partial charge in [-0.3, -0.25) is 4.79 Å². The van der Waals surface area contributed by atoms with Crippen LogP contribution in [0.1, 0.15) is 21.1 Å². The highest BCUT2D eigenvalue weighted by atomic mass is 32.2. The first kappa shape index (κ1) is 16.5. The number of thioether (sulfide) groups is 1. The van der Waals surface area contributed by atoms with Crippen molar-refractivity contribution in [2.45, 2.75) is 18.2 Å². The molecule has 2 rings (SSSR count). The first-order valence-electron chi connectivity index (χ1n) is 6.69. The number of carboxylic acid groups (broad SMARTS) is 1. The van der Waals surface area contributed by atoms with E-state index in [2.05, 4.69) is 10.3 Å². The molecule has 2 N–H and O–H groups in total. The van der Waals surface area contributed by atoms with Crippen LogP contribution >= 0.6 is 23.1 Å². The molecule has 0 spiro atoms. The molecule has 0 fully saturated rings. The third kappa shape index (κ3) is 4.85. The van der Waals surface area contributed by atoms with Crippen molar-refractivity contribution in [2.75, 3.05) is 12.3 Å². The lowest BCUT2D eigenvalue weighted by molar-refractivity contribution is -0.118. The van der Waals surface area contributed by atoms with Gasteiger partial charge in [-0.05, 0) is 18.6 Å². The van der Waals surface area contributed by atoms with Crippen molar-refractivity contribution in [3.05, 3.63) is 45.9 Å². The van der Waals surface area contributed by atoms with E-state index >= 15 is 0 Å². The molecule has 0 aliphatic heterocycles. The van der Waals surface area contributed by atoms with Gasteiger partial charge < -0.3 is 10.4 Å². The van der Waals surface area contributed by atoms with Crippen LogP contribution in [0.2, 0.25) is 0 Å². The molecule has 1 aromatic carbocycles. The van der Waals surface area contributed by atoms with Gasteiger partial charge in [-0.15, -0.1) is 23.1 Å². The van der Waals surface area contributed by atoms with E-state index in [4.69, 9.17) is 5.11 Å². The summed E-state index contributed by atoms with van der Waals surface area (Å²) in [5.74, 6) is -0.701. The number of thiazole rings is 1. The largest absolute Gasteiger partial charge is 0.476 e. The summed E-state index contributed by atoms with van der Waals surface area (Å²) in [6.45, 7) is 2.47. The third-order valence-electron chi connectivity index (χ3n) is 2.88. The molecule has 0 aliphatic carbocycles. The number of aryl methyl sites for hydroxylation is 1. The second-order valence-corrected chi connectivity index (χ2v) is 6.55. The molecule has 0 atom stereocenters. The first-order chi connectivity index (χ1) is 10.6. The quantitative estimate of drug-likeness (QED) is 0.760. The van der Waals surface area contributed by atoms with E-state index in [0.717, 1.165) is 10.5 Å². The van der Waals surface area contributed by atoms with Crippen LogP contribution < -0.4 is 5.32 Å². The van der Waals surface area contributed by atoms with Crippen LogP contribution in [-0.4, -0.2) is 34.3 Å². The fourth-order valence-electron chi connectivity index (χ4n) is 1.75. The number of hydrogen-bond acceptors (Lipinski definition) is 5. The molecule has 116 valence electrons. The lowest BCUT2D eigenvalue weighted by atomic mass is 10.2. The summed E-state index contributed by atoms with van der Waals surface area (Å²) in [7, 11) is 0. The van der Waals surface area contributed by atoms with Crippen molar-refractivity contribution >= 4 is 35.0 Å². The Kier molecular flexibility index (Phi) is 5.97. The first-order valence-corrected chi connectivity index (χ1v) is 8.55. The highest BCUT2D eigenvalue weighted by molar-refractivity contribution is 8.00. The molecule has 0 aliphatic rings. The maximum atomic E-state index is 11.8. The van der Waals surface area contributed by atoms with Crippen molar-refractivity contribution < 1.29 is 14.7 Å². The molecule has 0 radical (unpaired) electrons. The van der Waals surface area contributed by atoms with Gasteiger partial charge in [0.1, 0.15) is 0 Å². The van der Waals surface area contributed by atoms with Crippen LogP contribution in [0.4, 0.5) is 0 Å². The zero-order valence-electron chi connectivity index (χ0n) is 12.0. The lowest BCUT2D eigenvalue weighted by Gasteiger charge is -2.06. The predicted octanol–water partition coefficient (Wildman–Crippen LogP) is 2.60. The Morgan fingerprint density at radius 2 is 2.14 bits per heavy atom. The molecule has 22 heavy (non-hydrogen) atoms. The average Bonchev–Trinajstić information content (AvgIpc) is 2.95. The fourth-order valence-corrected chi connectivity index (χ4v) is 3.38. The number of benzene rings is 1. The van der Waals surface area contributed by atoms with Gasteiger partial charge in [-0.25, -0.2) is 9.78 Å². The number of hydrogen-bond donors (Lipinski definition) is 2. The minimum Gasteiger partial charge on any atom is -0.476 e. The number of rotatable bonds is 7. The normalized spacial score (nSPS) is 10.4. The summed E-state index contributed by atoms with van der Waals surface area (Å²) in [6.07, 6.45) is 0.540. The van der Waals surface area contributed by atoms with Gasteiger partial charge in [0.15, 0.2) is 5.69 Å². The summed E-state index contributed by atoms with van der Waals surface area (Å²) in [5, 5.41) is 13.8. The zero-order valence-corrected chi connectivity index (χ0v) is 13.7. The minimum absolute atomic E-state index is 0.0386. The Morgan fingerprint density at radius 1 is 1.36 bits per heavy atom. The monoisotopic (exact) mass is 336 g/mol. The summed E-state index contributed by atoms with van der Waals surface area (Å²) in [6, 6.07) is 7.94. The molecule has 7 heteroatoms. The van der Waals surface area contributed by atoms with E-state index < -0.39 is 5.97 Å². The molecule has 0 bridgehead atoms. The van der Waals surface area contributed by atoms with E-state index in [-0.39, 0.29) is 11.6 Å². The molecule has 2 aromatic rings. The molecule has 0 unspecified atom stereocenters. The molecule has 1 heterocycles. The summed E-state index contributed by atoms with van der Waals surface area (Å²) in [4.78, 5) is 27.6. The highest BCUT2D eigenvalue weighted by Crippen LogP contribution is 2.21. The second kappa shape index (κ2) is 7.95. The summed E-state index contributed by atoms with van der Waals surface area (Å²) in [5.41, 5.74) is 1.21. The average molecular weight is 336 g/mol. The van der Waals surface area contributed by atoms with E-state index in [1.807, 2.05) is 31.2 Å². The molecular weight excluding hydrogens is 320 g/mol. The Morgan fingerprint density at radius 3 is 2.82 bits per heavy atom. The number of carbonyl (C=O) groups excluding carboxylic acids is 1. The maximum absolute atomic E-state index is 11.8. The van der Waals surface area contributed by atoms with Crippen LogP contribution in [0.15, 0.2) is 34.5 Å². The SMILES string of the molecule is Cc1ccccc1SCC(=O)NCCc1nc(C(=O)O)cs1. The molecular formula is C15H16N2O3S2. The Balaban J connectivity index is 1.71. The summed E-state index contributed by atoms with van der Waals surface area (Å²) < 4.78 is 0. The predicted molar refractivity (Wildman–Crippen MR) is 87.7 cm³/mol. The fraction of sp³-hybridized carbons (Fsp3) is 0.267. The standard InChI is InChI=1S/C15H16N2O3S2/c1-10-4-2-3-5-12(10)21-9-13(18)16-7-6-14-17-11(8-22-14)15(19)20/h2-5,8H,6-7,9H2,1H3,(H,16,18)(H,19,20). The summed E-state index contributed by atoms with van der Waals surface area (Å²) >= 11 is 2.80. The van der Waals surface area contributed by atoms with Crippen molar-refractivity contribution in [1.82, 2.24) is 10.3 Å². The molecule has 1 aromatic heterocycles. The Labute approximate surface area is 136 Å². The van der Waals surface area contributed by atoms with Gasteiger partial charge in [-0.2, -0.15) is 0 Å². The van der Waals surface area contributed by atoms with Gasteiger partial charge in [-0.1, -0.05) is 18.2 Å². The zero-order chi connectivity index (χ0) is 15.9. The highest BCUT2D eigenvalue weighted by Gasteiger charge is 2.09. The number of nitrogens with zero attached hydrogens (tertiary/aromatic N) is 1. The topological polar surface area (TPSA) is 79.3 Å². The van der Waals surface area contributed by atoms with Gasteiger partial charge >= 0.3 is 5.97 Å². The van der Waals surface area contributed by atoms with Crippen LogP contribution in [0.25, 0.3) is 0 Å². The van der Waals surface area contributed by atoms with Crippen LogP contribution in [-0.2, 0) is 11.2 Å². The number of nitrogens with one attached hydrogen (secondary N) is 1. The van der Waals surface area contributed by atoms with Gasteiger partial charge in [0.2, 0.25) is 5.91 Å². The van der Waals surface area contributed by atoms with Gasteiger partial charge in [0.05, 0.1) is 10.8 Å². The van der Waals surface area contributed by atoms with Crippen LogP contribution in [0, 0.1) is 6.92 Å². The van der Waals surface area contributed by atoms with Crippen molar-refractivity contribution in [3.63, 3.8) is 0 Å². The van der Waals surface area contributed by atoms with Crippen molar-refractivity contribution in [1.29, 1.82) is 0 Å². The van der Waals surface area contributed by atoms with E-state index in [1.54, 1.807) is 0 Å². The van der Waals surface area contributed by atoms with Gasteiger partial charge in [0, 0.05) is 23.2 Å². The third-order valence-corrected chi connectivity index (χ3v) is 4.97. The van der Waals surface area contributed by atoms with Crippen molar-refractivity contribution in [3.8, 4) is 0 Å². The smallest absolute Gasteiger partial charge is 0.355 e. The van der Waals surface area contributed by atoms with E-state index in [1.165, 1.54) is 28.5 Å².